The molecule has 0 saturated carbocycles. The molecule has 0 spiro atoms. The lowest BCUT2D eigenvalue weighted by molar-refractivity contribution is -0.178. The maximum atomic E-state index is 10.8. The molecule has 3 heteroatoms. The fourth-order valence-corrected chi connectivity index (χ4v) is 1.07. The van der Waals surface area contributed by atoms with Gasteiger partial charge in [0.25, 0.3) is 0 Å². The molecule has 1 saturated heterocycles. The van der Waals surface area contributed by atoms with Crippen LogP contribution < -0.4 is 0 Å². The first-order valence-electron chi connectivity index (χ1n) is 3.92. The zero-order valence-corrected chi connectivity index (χ0v) is 6.75. The lowest BCUT2D eigenvalue weighted by Gasteiger charge is -2.11. The van der Waals surface area contributed by atoms with E-state index in [4.69, 9.17) is 4.84 Å². The van der Waals surface area contributed by atoms with E-state index in [0.29, 0.717) is 0 Å². The first kappa shape index (κ1) is 8.27. The monoisotopic (exact) mass is 155 g/mol. The van der Waals surface area contributed by atoms with Crippen LogP contribution in [0.4, 0.5) is 0 Å². The van der Waals surface area contributed by atoms with Crippen molar-refractivity contribution in [2.75, 3.05) is 13.1 Å². The lowest BCUT2D eigenvalue weighted by atomic mass is 10.4. The number of carbonyl (C=O) groups excluding carboxylic acids is 1. The van der Waals surface area contributed by atoms with E-state index < -0.39 is 0 Å². The summed E-state index contributed by atoms with van der Waals surface area (Å²) in [6.45, 7) is 3.55. The summed E-state index contributed by atoms with van der Waals surface area (Å²) in [5, 5.41) is 1.71. The second-order valence-electron chi connectivity index (χ2n) is 2.55. The van der Waals surface area contributed by atoms with Gasteiger partial charge in [-0.1, -0.05) is 6.08 Å². The summed E-state index contributed by atoms with van der Waals surface area (Å²) in [6.07, 6.45) is 5.36. The van der Waals surface area contributed by atoms with E-state index >= 15 is 0 Å². The molecule has 0 aliphatic carbocycles. The van der Waals surface area contributed by atoms with Gasteiger partial charge in [-0.25, -0.2) is 4.79 Å². The Bertz CT molecular complexity index is 159. The van der Waals surface area contributed by atoms with Gasteiger partial charge < -0.3 is 4.84 Å². The first-order chi connectivity index (χ1) is 5.33. The van der Waals surface area contributed by atoms with E-state index in [0.717, 1.165) is 25.9 Å². The van der Waals surface area contributed by atoms with Gasteiger partial charge in [-0.2, -0.15) is 0 Å². The molecule has 11 heavy (non-hydrogen) atoms. The largest absolute Gasteiger partial charge is 0.364 e. The number of rotatable bonds is 2. The summed E-state index contributed by atoms with van der Waals surface area (Å²) >= 11 is 0. The van der Waals surface area contributed by atoms with Crippen molar-refractivity contribution in [1.82, 2.24) is 5.06 Å². The van der Waals surface area contributed by atoms with Crippen molar-refractivity contribution in [1.29, 1.82) is 0 Å². The third kappa shape index (κ3) is 2.72. The van der Waals surface area contributed by atoms with Crippen LogP contribution in [0.5, 0.6) is 0 Å². The van der Waals surface area contributed by atoms with E-state index in [2.05, 4.69) is 0 Å². The van der Waals surface area contributed by atoms with E-state index in [1.54, 1.807) is 18.1 Å². The molecule has 0 aromatic carbocycles. The Morgan fingerprint density at radius 1 is 1.45 bits per heavy atom. The van der Waals surface area contributed by atoms with Gasteiger partial charge in [0.15, 0.2) is 0 Å². The molecule has 1 heterocycles. The molecule has 0 amide bonds. The Labute approximate surface area is 66.6 Å². The molecule has 0 aromatic rings. The van der Waals surface area contributed by atoms with E-state index in [-0.39, 0.29) is 5.97 Å². The fourth-order valence-electron chi connectivity index (χ4n) is 1.07. The summed E-state index contributed by atoms with van der Waals surface area (Å²) in [5.74, 6) is -0.269. The first-order valence-corrected chi connectivity index (χ1v) is 3.92. The highest BCUT2D eigenvalue weighted by Crippen LogP contribution is 2.07. The van der Waals surface area contributed by atoms with Crippen LogP contribution in [-0.2, 0) is 9.63 Å². The van der Waals surface area contributed by atoms with Crippen LogP contribution in [0.25, 0.3) is 0 Å². The van der Waals surface area contributed by atoms with Crippen LogP contribution in [0, 0.1) is 0 Å². The molecule has 1 aliphatic heterocycles. The van der Waals surface area contributed by atoms with Crippen LogP contribution in [0.1, 0.15) is 19.8 Å². The number of allylic oxidation sites excluding steroid dienone is 1. The highest BCUT2D eigenvalue weighted by Gasteiger charge is 2.14. The summed E-state index contributed by atoms with van der Waals surface area (Å²) in [4.78, 5) is 15.8. The van der Waals surface area contributed by atoms with Gasteiger partial charge in [0.05, 0.1) is 0 Å². The topological polar surface area (TPSA) is 29.5 Å². The number of nitrogens with zero attached hydrogens (tertiary/aromatic N) is 1. The summed E-state index contributed by atoms with van der Waals surface area (Å²) < 4.78 is 0. The molecule has 1 fully saturated rings. The molecule has 1 aliphatic rings. The molecule has 0 atom stereocenters. The van der Waals surface area contributed by atoms with E-state index in [1.807, 2.05) is 0 Å². The molecular weight excluding hydrogens is 142 g/mol. The van der Waals surface area contributed by atoms with Crippen molar-refractivity contribution in [2.24, 2.45) is 0 Å². The quantitative estimate of drug-likeness (QED) is 0.559. The average Bonchev–Trinajstić information content (AvgIpc) is 2.40. The minimum Gasteiger partial charge on any atom is -0.364 e. The Morgan fingerprint density at radius 3 is 2.64 bits per heavy atom. The Morgan fingerprint density at radius 2 is 2.09 bits per heavy atom. The van der Waals surface area contributed by atoms with Crippen molar-refractivity contribution < 1.29 is 9.63 Å². The third-order valence-corrected chi connectivity index (χ3v) is 1.59. The maximum absolute atomic E-state index is 10.8. The molecule has 0 radical (unpaired) electrons. The van der Waals surface area contributed by atoms with Crippen LogP contribution in [0.3, 0.4) is 0 Å². The summed E-state index contributed by atoms with van der Waals surface area (Å²) in [6, 6.07) is 0. The highest BCUT2D eigenvalue weighted by atomic mass is 16.7. The van der Waals surface area contributed by atoms with Crippen molar-refractivity contribution in [2.45, 2.75) is 19.8 Å². The maximum Gasteiger partial charge on any atom is 0.349 e. The third-order valence-electron chi connectivity index (χ3n) is 1.59. The van der Waals surface area contributed by atoms with Gasteiger partial charge in [0.1, 0.15) is 0 Å². The zero-order valence-electron chi connectivity index (χ0n) is 6.75. The van der Waals surface area contributed by atoms with Gasteiger partial charge in [-0.15, -0.1) is 5.06 Å². The van der Waals surface area contributed by atoms with E-state index in [9.17, 15) is 4.79 Å². The van der Waals surface area contributed by atoms with Crippen molar-refractivity contribution in [3.63, 3.8) is 0 Å². The van der Waals surface area contributed by atoms with Crippen molar-refractivity contribution in [3.05, 3.63) is 12.2 Å². The number of carbonyl (C=O) groups is 1. The standard InChI is InChI=1S/C8H13NO2/c1-2-5-8(10)11-9-6-3-4-7-9/h2,5H,3-4,6-7H2,1H3/b5-2+. The molecule has 0 bridgehead atoms. The van der Waals surface area contributed by atoms with Crippen molar-refractivity contribution in [3.8, 4) is 0 Å². The van der Waals surface area contributed by atoms with Crippen LogP contribution >= 0.6 is 0 Å². The summed E-state index contributed by atoms with van der Waals surface area (Å²) in [7, 11) is 0. The van der Waals surface area contributed by atoms with Gasteiger partial charge in [-0.3, -0.25) is 0 Å². The second kappa shape index (κ2) is 4.13. The Kier molecular flexibility index (Phi) is 3.11. The Hall–Kier alpha value is -0.830. The molecular formula is C8H13NO2. The SMILES string of the molecule is C/C=C/C(=O)ON1CCCC1. The molecule has 0 aromatic heterocycles. The molecule has 0 unspecified atom stereocenters. The summed E-state index contributed by atoms with van der Waals surface area (Å²) in [5.41, 5.74) is 0. The fraction of sp³-hybridized carbons (Fsp3) is 0.625. The predicted octanol–water partition coefficient (Wildman–Crippen LogP) is 1.12. The Balaban J connectivity index is 2.23. The normalized spacial score (nSPS) is 19.4. The molecule has 3 nitrogen and oxygen atoms in total. The molecule has 0 N–H and O–H groups in total. The zero-order chi connectivity index (χ0) is 8.10. The minimum atomic E-state index is -0.269. The smallest absolute Gasteiger partial charge is 0.349 e. The second-order valence-corrected chi connectivity index (χ2v) is 2.55. The lowest BCUT2D eigenvalue weighted by Crippen LogP contribution is -2.22. The van der Waals surface area contributed by atoms with Crippen LogP contribution in [0.15, 0.2) is 12.2 Å². The number of hydroxylamine groups is 2. The highest BCUT2D eigenvalue weighted by molar-refractivity contribution is 5.81. The van der Waals surface area contributed by atoms with Crippen LogP contribution in [-0.4, -0.2) is 24.1 Å². The van der Waals surface area contributed by atoms with Gasteiger partial charge in [-0.05, 0) is 19.8 Å². The van der Waals surface area contributed by atoms with Crippen LogP contribution in [0.2, 0.25) is 0 Å². The van der Waals surface area contributed by atoms with Crippen molar-refractivity contribution >= 4 is 5.97 Å². The predicted molar refractivity (Wildman–Crippen MR) is 41.7 cm³/mol. The average molecular weight is 155 g/mol. The van der Waals surface area contributed by atoms with Gasteiger partial charge >= 0.3 is 5.97 Å². The van der Waals surface area contributed by atoms with E-state index in [1.165, 1.54) is 6.08 Å². The minimum absolute atomic E-state index is 0.269. The molecule has 1 rings (SSSR count). The number of hydrogen-bond acceptors (Lipinski definition) is 3. The number of hydrogen-bond donors (Lipinski definition) is 0. The molecule has 62 valence electrons. The van der Waals surface area contributed by atoms with Gasteiger partial charge in [0.2, 0.25) is 0 Å². The van der Waals surface area contributed by atoms with Gasteiger partial charge in [0, 0.05) is 19.2 Å².